The second kappa shape index (κ2) is 3.56. The van der Waals surface area contributed by atoms with Crippen LogP contribution in [0.4, 0.5) is 5.69 Å². The number of rotatable bonds is 1. The Morgan fingerprint density at radius 2 is 1.88 bits per heavy atom. The van der Waals surface area contributed by atoms with E-state index in [1.54, 1.807) is 6.07 Å². The predicted octanol–water partition coefficient (Wildman–Crippen LogP) is 2.78. The van der Waals surface area contributed by atoms with Gasteiger partial charge in [0, 0.05) is 16.3 Å². The molecule has 1 aromatic heterocycles. The van der Waals surface area contributed by atoms with E-state index in [1.807, 2.05) is 36.4 Å². The number of hydrogen-bond acceptors (Lipinski definition) is 3. The van der Waals surface area contributed by atoms with Crippen LogP contribution < -0.4 is 5.73 Å². The molecule has 0 radical (unpaired) electrons. The van der Waals surface area contributed by atoms with Crippen molar-refractivity contribution in [2.24, 2.45) is 0 Å². The van der Waals surface area contributed by atoms with Crippen LogP contribution in [0.3, 0.4) is 0 Å². The lowest BCUT2D eigenvalue weighted by atomic mass is 10.1. The van der Waals surface area contributed by atoms with E-state index >= 15 is 0 Å². The first-order chi connectivity index (χ1) is 8.29. The number of anilines is 1. The van der Waals surface area contributed by atoms with Gasteiger partial charge >= 0.3 is 0 Å². The van der Waals surface area contributed by atoms with Gasteiger partial charge in [-0.15, -0.1) is 0 Å². The maximum atomic E-state index is 10.8. The minimum atomic E-state index is 0.447. The number of pyridine rings is 1. The van der Waals surface area contributed by atoms with Gasteiger partial charge in [-0.2, -0.15) is 0 Å². The van der Waals surface area contributed by atoms with Crippen LogP contribution >= 0.6 is 0 Å². The molecule has 3 aromatic rings. The summed E-state index contributed by atoms with van der Waals surface area (Å²) in [5, 5.41) is 2.02. The van der Waals surface area contributed by atoms with Crippen LogP contribution in [0.25, 0.3) is 21.8 Å². The van der Waals surface area contributed by atoms with E-state index in [-0.39, 0.29) is 0 Å². The van der Waals surface area contributed by atoms with Crippen molar-refractivity contribution in [2.75, 3.05) is 5.73 Å². The van der Waals surface area contributed by atoms with Gasteiger partial charge in [-0.25, -0.2) is 4.98 Å². The first-order valence-corrected chi connectivity index (χ1v) is 5.33. The molecule has 1 heterocycles. The fourth-order valence-electron chi connectivity index (χ4n) is 1.98. The molecule has 3 rings (SSSR count). The lowest BCUT2D eigenvalue weighted by molar-refractivity contribution is 0.112. The number of aromatic nitrogens is 1. The van der Waals surface area contributed by atoms with Gasteiger partial charge in [0.25, 0.3) is 0 Å². The summed E-state index contributed by atoms with van der Waals surface area (Å²) in [7, 11) is 0. The molecular weight excluding hydrogens is 212 g/mol. The number of nitrogens with zero attached hydrogens (tertiary/aromatic N) is 1. The number of nitrogens with two attached hydrogens (primary N) is 1. The SMILES string of the molecule is Nc1c(C=O)ccc2cc3ccccc3nc12. The van der Waals surface area contributed by atoms with Gasteiger partial charge in [-0.3, -0.25) is 4.79 Å². The van der Waals surface area contributed by atoms with Gasteiger partial charge in [0.1, 0.15) is 0 Å². The van der Waals surface area contributed by atoms with Crippen molar-refractivity contribution in [2.45, 2.75) is 0 Å². The quantitative estimate of drug-likeness (QED) is 0.391. The van der Waals surface area contributed by atoms with Crippen LogP contribution in [0.1, 0.15) is 10.4 Å². The Kier molecular flexibility index (Phi) is 2.05. The van der Waals surface area contributed by atoms with Crippen LogP contribution in [0.15, 0.2) is 42.5 Å². The Bertz CT molecular complexity index is 735. The van der Waals surface area contributed by atoms with Crippen molar-refractivity contribution in [1.82, 2.24) is 4.98 Å². The molecular formula is C14H10N2O. The van der Waals surface area contributed by atoms with Gasteiger partial charge in [-0.05, 0) is 18.2 Å². The van der Waals surface area contributed by atoms with Gasteiger partial charge < -0.3 is 5.73 Å². The number of para-hydroxylation sites is 1. The molecule has 0 bridgehead atoms. The topological polar surface area (TPSA) is 56.0 Å². The highest BCUT2D eigenvalue weighted by atomic mass is 16.1. The number of carbonyl (C=O) groups excluding carboxylic acids is 1. The Labute approximate surface area is 97.9 Å². The van der Waals surface area contributed by atoms with Gasteiger partial charge in [-0.1, -0.05) is 24.3 Å². The van der Waals surface area contributed by atoms with Crippen LogP contribution in [0.2, 0.25) is 0 Å². The van der Waals surface area contributed by atoms with Crippen molar-refractivity contribution in [3.63, 3.8) is 0 Å². The van der Waals surface area contributed by atoms with Gasteiger partial charge in [0.05, 0.1) is 16.7 Å². The van der Waals surface area contributed by atoms with Crippen LogP contribution in [0.5, 0.6) is 0 Å². The van der Waals surface area contributed by atoms with E-state index < -0.39 is 0 Å². The molecule has 2 N–H and O–H groups in total. The van der Waals surface area contributed by atoms with E-state index in [9.17, 15) is 4.79 Å². The van der Waals surface area contributed by atoms with Crippen LogP contribution in [-0.2, 0) is 0 Å². The smallest absolute Gasteiger partial charge is 0.152 e. The fourth-order valence-corrected chi connectivity index (χ4v) is 1.98. The van der Waals surface area contributed by atoms with Crippen LogP contribution in [-0.4, -0.2) is 11.3 Å². The number of aldehydes is 1. The summed E-state index contributed by atoms with van der Waals surface area (Å²) in [6.45, 7) is 0. The van der Waals surface area contributed by atoms with Gasteiger partial charge in [0.15, 0.2) is 6.29 Å². The van der Waals surface area contributed by atoms with Crippen molar-refractivity contribution in [3.8, 4) is 0 Å². The summed E-state index contributed by atoms with van der Waals surface area (Å²) in [4.78, 5) is 15.3. The maximum Gasteiger partial charge on any atom is 0.152 e. The Hall–Kier alpha value is -2.42. The summed E-state index contributed by atoms with van der Waals surface area (Å²) in [5.74, 6) is 0. The highest BCUT2D eigenvalue weighted by Gasteiger charge is 2.06. The predicted molar refractivity (Wildman–Crippen MR) is 69.0 cm³/mol. The lowest BCUT2D eigenvalue weighted by Gasteiger charge is -2.05. The molecule has 0 unspecified atom stereocenters. The number of fused-ring (bicyclic) bond motifs is 2. The molecule has 3 heteroatoms. The molecule has 0 fully saturated rings. The summed E-state index contributed by atoms with van der Waals surface area (Å²) < 4.78 is 0. The van der Waals surface area contributed by atoms with Gasteiger partial charge in [0.2, 0.25) is 0 Å². The average Bonchev–Trinajstić information content (AvgIpc) is 2.37. The second-order valence-corrected chi connectivity index (χ2v) is 3.94. The van der Waals surface area contributed by atoms with Crippen molar-refractivity contribution >= 4 is 33.8 Å². The minimum Gasteiger partial charge on any atom is -0.396 e. The van der Waals surface area contributed by atoms with E-state index in [0.29, 0.717) is 16.8 Å². The maximum absolute atomic E-state index is 10.8. The third-order valence-electron chi connectivity index (χ3n) is 2.89. The molecule has 0 aliphatic heterocycles. The third-order valence-corrected chi connectivity index (χ3v) is 2.89. The monoisotopic (exact) mass is 222 g/mol. The van der Waals surface area contributed by atoms with E-state index in [1.165, 1.54) is 0 Å². The summed E-state index contributed by atoms with van der Waals surface area (Å²) >= 11 is 0. The number of nitrogen functional groups attached to an aromatic ring is 1. The minimum absolute atomic E-state index is 0.447. The zero-order chi connectivity index (χ0) is 11.8. The zero-order valence-corrected chi connectivity index (χ0v) is 9.05. The zero-order valence-electron chi connectivity index (χ0n) is 9.05. The molecule has 0 saturated heterocycles. The molecule has 17 heavy (non-hydrogen) atoms. The number of carbonyl (C=O) groups is 1. The number of hydrogen-bond donors (Lipinski definition) is 1. The molecule has 0 atom stereocenters. The lowest BCUT2D eigenvalue weighted by Crippen LogP contribution is -1.96. The normalized spacial score (nSPS) is 10.8. The molecule has 0 saturated carbocycles. The highest BCUT2D eigenvalue weighted by molar-refractivity contribution is 6.03. The Morgan fingerprint density at radius 3 is 2.71 bits per heavy atom. The molecule has 0 amide bonds. The van der Waals surface area contributed by atoms with Crippen molar-refractivity contribution in [1.29, 1.82) is 0 Å². The third kappa shape index (κ3) is 1.44. The van der Waals surface area contributed by atoms with E-state index in [4.69, 9.17) is 5.73 Å². The molecule has 0 spiro atoms. The molecule has 82 valence electrons. The summed E-state index contributed by atoms with van der Waals surface area (Å²) in [5.41, 5.74) is 8.43. The van der Waals surface area contributed by atoms with E-state index in [0.717, 1.165) is 22.6 Å². The first-order valence-electron chi connectivity index (χ1n) is 5.33. The highest BCUT2D eigenvalue weighted by Crippen LogP contribution is 2.25. The Balaban J connectivity index is 2.48. The molecule has 2 aromatic carbocycles. The molecule has 3 nitrogen and oxygen atoms in total. The van der Waals surface area contributed by atoms with Crippen molar-refractivity contribution < 1.29 is 4.79 Å². The largest absolute Gasteiger partial charge is 0.396 e. The molecule has 0 aliphatic rings. The second-order valence-electron chi connectivity index (χ2n) is 3.94. The number of benzene rings is 2. The average molecular weight is 222 g/mol. The van der Waals surface area contributed by atoms with Crippen molar-refractivity contribution in [3.05, 3.63) is 48.0 Å². The summed E-state index contributed by atoms with van der Waals surface area (Å²) in [6, 6.07) is 13.5. The standard InChI is InChI=1S/C14H10N2O/c15-13-11(8-17)6-5-10-7-9-3-1-2-4-12(9)16-14(10)13/h1-8H,15H2. The van der Waals surface area contributed by atoms with E-state index in [2.05, 4.69) is 4.98 Å². The summed E-state index contributed by atoms with van der Waals surface area (Å²) in [6.07, 6.45) is 0.756. The Morgan fingerprint density at radius 1 is 1.06 bits per heavy atom. The fraction of sp³-hybridized carbons (Fsp3) is 0. The molecule has 0 aliphatic carbocycles. The van der Waals surface area contributed by atoms with Crippen LogP contribution in [0, 0.1) is 0 Å². The first kappa shape index (κ1) is 9.78.